The van der Waals surface area contributed by atoms with Gasteiger partial charge < -0.3 is 0 Å². The van der Waals surface area contributed by atoms with E-state index < -0.39 is 0 Å². The molecule has 0 radical (unpaired) electrons. The van der Waals surface area contributed by atoms with Crippen LogP contribution in [0.3, 0.4) is 0 Å². The van der Waals surface area contributed by atoms with Gasteiger partial charge in [-0.3, -0.25) is 14.4 Å². The van der Waals surface area contributed by atoms with Crippen molar-refractivity contribution in [3.8, 4) is 0 Å². The highest BCUT2D eigenvalue weighted by atomic mass is 32.1. The van der Waals surface area contributed by atoms with E-state index in [1.54, 1.807) is 20.9 Å². The van der Waals surface area contributed by atoms with Crippen LogP contribution in [0.25, 0.3) is 10.2 Å². The number of hydrogen-bond donors (Lipinski definition) is 0. The predicted octanol–water partition coefficient (Wildman–Crippen LogP) is 4.98. The standard InChI is InChI=1S/C22H22N4OS/c1-4-26-18(13-16(3)24-26)21(27)25(14-17-10-6-5-7-11-17)22-23-20-15(2)9-8-12-19(20)28-22/h5-13H,4,14H2,1-3H3. The van der Waals surface area contributed by atoms with Gasteiger partial charge in [0, 0.05) is 6.54 Å². The second-order valence-electron chi connectivity index (χ2n) is 6.78. The molecule has 0 aliphatic heterocycles. The monoisotopic (exact) mass is 390 g/mol. The Labute approximate surface area is 168 Å². The minimum absolute atomic E-state index is 0.0805. The molecule has 1 amide bonds. The summed E-state index contributed by atoms with van der Waals surface area (Å²) >= 11 is 1.55. The molecule has 2 aromatic carbocycles. The van der Waals surface area contributed by atoms with Crippen molar-refractivity contribution in [1.29, 1.82) is 0 Å². The number of carbonyl (C=O) groups is 1. The van der Waals surface area contributed by atoms with Gasteiger partial charge in [-0.15, -0.1) is 0 Å². The summed E-state index contributed by atoms with van der Waals surface area (Å²) in [5, 5.41) is 5.15. The molecule has 0 aliphatic rings. The molecule has 0 saturated carbocycles. The lowest BCUT2D eigenvalue weighted by molar-refractivity contribution is 0.0975. The highest BCUT2D eigenvalue weighted by Gasteiger charge is 2.25. The topological polar surface area (TPSA) is 51.0 Å². The molecule has 142 valence electrons. The van der Waals surface area contributed by atoms with Crippen molar-refractivity contribution in [3.63, 3.8) is 0 Å². The van der Waals surface area contributed by atoms with Crippen molar-refractivity contribution in [1.82, 2.24) is 14.8 Å². The van der Waals surface area contributed by atoms with Gasteiger partial charge in [-0.2, -0.15) is 5.10 Å². The van der Waals surface area contributed by atoms with Gasteiger partial charge in [0.15, 0.2) is 5.13 Å². The molecule has 0 fully saturated rings. The van der Waals surface area contributed by atoms with Crippen LogP contribution in [0.1, 0.15) is 34.2 Å². The molecule has 2 heterocycles. The molecule has 0 saturated heterocycles. The molecule has 4 aromatic rings. The first-order valence-electron chi connectivity index (χ1n) is 9.33. The predicted molar refractivity (Wildman–Crippen MR) is 114 cm³/mol. The summed E-state index contributed by atoms with van der Waals surface area (Å²) in [6.45, 7) is 7.06. The van der Waals surface area contributed by atoms with Gasteiger partial charge in [-0.25, -0.2) is 4.98 Å². The van der Waals surface area contributed by atoms with E-state index in [4.69, 9.17) is 4.98 Å². The number of aromatic nitrogens is 3. The highest BCUT2D eigenvalue weighted by Crippen LogP contribution is 2.32. The zero-order valence-electron chi connectivity index (χ0n) is 16.2. The largest absolute Gasteiger partial charge is 0.278 e. The Morgan fingerprint density at radius 1 is 1.11 bits per heavy atom. The van der Waals surface area contributed by atoms with Crippen LogP contribution in [0.5, 0.6) is 0 Å². The maximum atomic E-state index is 13.5. The lowest BCUT2D eigenvalue weighted by atomic mass is 10.2. The number of aryl methyl sites for hydroxylation is 3. The quantitative estimate of drug-likeness (QED) is 0.483. The van der Waals surface area contributed by atoms with Crippen LogP contribution in [0, 0.1) is 13.8 Å². The Morgan fingerprint density at radius 3 is 2.61 bits per heavy atom. The minimum Gasteiger partial charge on any atom is -0.278 e. The first-order chi connectivity index (χ1) is 13.6. The fourth-order valence-electron chi connectivity index (χ4n) is 3.28. The summed E-state index contributed by atoms with van der Waals surface area (Å²) in [5.41, 5.74) is 4.55. The molecule has 0 N–H and O–H groups in total. The third kappa shape index (κ3) is 3.43. The van der Waals surface area contributed by atoms with Crippen molar-refractivity contribution in [2.45, 2.75) is 33.9 Å². The Kier molecular flexibility index (Phi) is 4.96. The molecule has 0 atom stereocenters. The molecule has 4 rings (SSSR count). The van der Waals surface area contributed by atoms with Crippen LogP contribution in [-0.2, 0) is 13.1 Å². The molecule has 6 heteroatoms. The van der Waals surface area contributed by atoms with Crippen molar-refractivity contribution in [2.75, 3.05) is 4.90 Å². The number of anilines is 1. The van der Waals surface area contributed by atoms with Crippen LogP contribution in [0.15, 0.2) is 54.6 Å². The van der Waals surface area contributed by atoms with Crippen molar-refractivity contribution in [3.05, 3.63) is 77.1 Å². The number of hydrogen-bond acceptors (Lipinski definition) is 4. The molecule has 0 unspecified atom stereocenters. The summed E-state index contributed by atoms with van der Waals surface area (Å²) in [4.78, 5) is 20.1. The Bertz CT molecular complexity index is 1130. The smallest absolute Gasteiger partial charge is 0.278 e. The number of rotatable bonds is 5. The zero-order chi connectivity index (χ0) is 19.7. The van der Waals surface area contributed by atoms with E-state index in [0.29, 0.717) is 23.9 Å². The maximum absolute atomic E-state index is 13.5. The van der Waals surface area contributed by atoms with Gasteiger partial charge in [0.05, 0.1) is 22.5 Å². The molecule has 2 aromatic heterocycles. The average molecular weight is 391 g/mol. The summed E-state index contributed by atoms with van der Waals surface area (Å²) in [6, 6.07) is 18.0. The molecule has 5 nitrogen and oxygen atoms in total. The third-order valence-electron chi connectivity index (χ3n) is 4.69. The van der Waals surface area contributed by atoms with Crippen LogP contribution in [0.2, 0.25) is 0 Å². The SMILES string of the molecule is CCn1nc(C)cc1C(=O)N(Cc1ccccc1)c1nc2c(C)cccc2s1. The first-order valence-corrected chi connectivity index (χ1v) is 10.1. The van der Waals surface area contributed by atoms with Crippen molar-refractivity contribution < 1.29 is 4.79 Å². The van der Waals surface area contributed by atoms with Gasteiger partial charge in [-0.05, 0) is 44.0 Å². The second-order valence-corrected chi connectivity index (χ2v) is 7.79. The van der Waals surface area contributed by atoms with E-state index in [-0.39, 0.29) is 5.91 Å². The van der Waals surface area contributed by atoms with Gasteiger partial charge in [0.25, 0.3) is 5.91 Å². The third-order valence-corrected chi connectivity index (χ3v) is 5.73. The Balaban J connectivity index is 1.81. The molecular weight excluding hydrogens is 368 g/mol. The van der Waals surface area contributed by atoms with Gasteiger partial charge in [0.1, 0.15) is 5.69 Å². The fraction of sp³-hybridized carbons (Fsp3) is 0.227. The molecule has 0 bridgehead atoms. The van der Waals surface area contributed by atoms with Crippen LogP contribution >= 0.6 is 11.3 Å². The van der Waals surface area contributed by atoms with Crippen LogP contribution < -0.4 is 4.90 Å². The Morgan fingerprint density at radius 2 is 1.89 bits per heavy atom. The maximum Gasteiger partial charge on any atom is 0.278 e. The number of thiazole rings is 1. The lowest BCUT2D eigenvalue weighted by Gasteiger charge is -2.20. The minimum atomic E-state index is -0.0805. The molecule has 0 spiro atoms. The number of nitrogens with zero attached hydrogens (tertiary/aromatic N) is 4. The van der Waals surface area contributed by atoms with Gasteiger partial charge in [0.2, 0.25) is 0 Å². The van der Waals surface area contributed by atoms with Crippen LogP contribution in [0.4, 0.5) is 5.13 Å². The number of fused-ring (bicyclic) bond motifs is 1. The fourth-order valence-corrected chi connectivity index (χ4v) is 4.32. The summed E-state index contributed by atoms with van der Waals surface area (Å²) in [6.07, 6.45) is 0. The molecule has 28 heavy (non-hydrogen) atoms. The number of para-hydroxylation sites is 1. The molecule has 0 aliphatic carbocycles. The first kappa shape index (κ1) is 18.4. The summed E-state index contributed by atoms with van der Waals surface area (Å²) in [7, 11) is 0. The highest BCUT2D eigenvalue weighted by molar-refractivity contribution is 7.22. The van der Waals surface area contributed by atoms with E-state index in [1.165, 1.54) is 0 Å². The van der Waals surface area contributed by atoms with Crippen molar-refractivity contribution >= 4 is 32.6 Å². The normalized spacial score (nSPS) is 11.1. The van der Waals surface area contributed by atoms with Crippen LogP contribution in [-0.4, -0.2) is 20.7 Å². The number of carbonyl (C=O) groups excluding carboxylic acids is 1. The second kappa shape index (κ2) is 7.56. The van der Waals surface area contributed by atoms with Gasteiger partial charge in [-0.1, -0.05) is 53.8 Å². The summed E-state index contributed by atoms with van der Waals surface area (Å²) < 4.78 is 2.84. The van der Waals surface area contributed by atoms with E-state index in [2.05, 4.69) is 11.2 Å². The van der Waals surface area contributed by atoms with E-state index in [0.717, 1.165) is 27.0 Å². The Hall–Kier alpha value is -2.99. The van der Waals surface area contributed by atoms with Gasteiger partial charge >= 0.3 is 0 Å². The average Bonchev–Trinajstić information content (AvgIpc) is 3.30. The van der Waals surface area contributed by atoms with E-state index in [1.807, 2.05) is 69.3 Å². The zero-order valence-corrected chi connectivity index (χ0v) is 17.0. The van der Waals surface area contributed by atoms with Crippen molar-refractivity contribution in [2.24, 2.45) is 0 Å². The summed E-state index contributed by atoms with van der Waals surface area (Å²) in [5.74, 6) is -0.0805. The molecular formula is C22H22N4OS. The van der Waals surface area contributed by atoms with E-state index >= 15 is 0 Å². The lowest BCUT2D eigenvalue weighted by Crippen LogP contribution is -2.32. The number of benzene rings is 2. The number of amides is 1. The van der Waals surface area contributed by atoms with E-state index in [9.17, 15) is 4.79 Å².